The van der Waals surface area contributed by atoms with E-state index in [0.29, 0.717) is 18.9 Å². The number of anilines is 2. The number of nitrogens with one attached hydrogen (secondary N) is 1. The molecule has 0 spiro atoms. The number of rotatable bonds is 7. The van der Waals surface area contributed by atoms with E-state index >= 15 is 0 Å². The summed E-state index contributed by atoms with van der Waals surface area (Å²) in [5, 5.41) is 3.36. The van der Waals surface area contributed by atoms with Crippen LogP contribution in [-0.2, 0) is 10.0 Å². The zero-order valence-corrected chi connectivity index (χ0v) is 19.0. The second kappa shape index (κ2) is 9.93. The smallest absolute Gasteiger partial charge is 0.246 e. The topological polar surface area (TPSA) is 81.7 Å². The van der Waals surface area contributed by atoms with Crippen molar-refractivity contribution in [3.05, 3.63) is 42.7 Å². The maximum Gasteiger partial charge on any atom is 0.246 e. The van der Waals surface area contributed by atoms with E-state index < -0.39 is 10.0 Å². The Hall–Kier alpha value is -2.23. The number of piperidine rings is 1. The van der Waals surface area contributed by atoms with Crippen molar-refractivity contribution in [3.8, 4) is 0 Å². The number of nitrogens with zero attached hydrogens (tertiary/aromatic N) is 5. The summed E-state index contributed by atoms with van der Waals surface area (Å²) < 4.78 is 27.9. The van der Waals surface area contributed by atoms with Crippen LogP contribution >= 0.6 is 0 Å². The van der Waals surface area contributed by atoms with Crippen LogP contribution in [0.4, 0.5) is 11.6 Å². The van der Waals surface area contributed by atoms with Crippen LogP contribution in [0.1, 0.15) is 26.2 Å². The molecule has 9 heteroatoms. The lowest BCUT2D eigenvalue weighted by Crippen LogP contribution is -2.49. The largest absolute Gasteiger partial charge is 0.365 e. The third-order valence-electron chi connectivity index (χ3n) is 5.96. The zero-order chi connectivity index (χ0) is 21.7. The SMILES string of the molecule is CC(CN1CCN(c2ccccn2)CC1)Nc1ncccc1S(=O)(=O)N1CCCCC1. The van der Waals surface area contributed by atoms with Gasteiger partial charge in [-0.15, -0.1) is 0 Å². The number of hydrogen-bond acceptors (Lipinski definition) is 7. The lowest BCUT2D eigenvalue weighted by molar-refractivity contribution is 0.250. The highest BCUT2D eigenvalue weighted by atomic mass is 32.2. The first kappa shape index (κ1) is 22.0. The van der Waals surface area contributed by atoms with Crippen LogP contribution in [0.2, 0.25) is 0 Å². The van der Waals surface area contributed by atoms with E-state index in [1.807, 2.05) is 24.4 Å². The van der Waals surface area contributed by atoms with E-state index in [2.05, 4.69) is 32.0 Å². The van der Waals surface area contributed by atoms with Gasteiger partial charge < -0.3 is 10.2 Å². The van der Waals surface area contributed by atoms with E-state index in [0.717, 1.165) is 57.8 Å². The minimum Gasteiger partial charge on any atom is -0.365 e. The molecule has 2 aliphatic rings. The molecule has 31 heavy (non-hydrogen) atoms. The van der Waals surface area contributed by atoms with Crippen molar-refractivity contribution in [3.63, 3.8) is 0 Å². The van der Waals surface area contributed by atoms with Crippen LogP contribution in [0, 0.1) is 0 Å². The van der Waals surface area contributed by atoms with Crippen LogP contribution in [0.15, 0.2) is 47.6 Å². The van der Waals surface area contributed by atoms with Crippen LogP contribution in [0.25, 0.3) is 0 Å². The van der Waals surface area contributed by atoms with Crippen LogP contribution in [0.5, 0.6) is 0 Å². The number of hydrogen-bond donors (Lipinski definition) is 1. The Morgan fingerprint density at radius 2 is 1.68 bits per heavy atom. The van der Waals surface area contributed by atoms with Crippen molar-refractivity contribution < 1.29 is 8.42 Å². The molecule has 4 rings (SSSR count). The molecule has 8 nitrogen and oxygen atoms in total. The van der Waals surface area contributed by atoms with Gasteiger partial charge in [0.05, 0.1) is 0 Å². The quantitative estimate of drug-likeness (QED) is 0.702. The fourth-order valence-corrected chi connectivity index (χ4v) is 5.94. The maximum atomic E-state index is 13.2. The molecule has 0 radical (unpaired) electrons. The molecule has 1 unspecified atom stereocenters. The Bertz CT molecular complexity index is 941. The minimum atomic E-state index is -3.53. The summed E-state index contributed by atoms with van der Waals surface area (Å²) in [5.41, 5.74) is 0. The van der Waals surface area contributed by atoms with Gasteiger partial charge in [0, 0.05) is 64.2 Å². The lowest BCUT2D eigenvalue weighted by atomic mass is 10.2. The molecule has 0 aliphatic carbocycles. The van der Waals surface area contributed by atoms with Gasteiger partial charge in [-0.05, 0) is 44.0 Å². The van der Waals surface area contributed by atoms with Crippen LogP contribution in [0.3, 0.4) is 0 Å². The molecular formula is C22H32N6O2S. The summed E-state index contributed by atoms with van der Waals surface area (Å²) in [6, 6.07) is 9.44. The van der Waals surface area contributed by atoms with Gasteiger partial charge in [0.25, 0.3) is 0 Å². The average molecular weight is 445 g/mol. The third-order valence-corrected chi connectivity index (χ3v) is 7.89. The first-order chi connectivity index (χ1) is 15.0. The monoisotopic (exact) mass is 444 g/mol. The van der Waals surface area contributed by atoms with E-state index in [1.54, 1.807) is 22.6 Å². The van der Waals surface area contributed by atoms with Gasteiger partial charge in [-0.2, -0.15) is 4.31 Å². The Labute approximate surface area is 185 Å². The summed E-state index contributed by atoms with van der Waals surface area (Å²) >= 11 is 0. The van der Waals surface area contributed by atoms with Crippen molar-refractivity contribution in [2.24, 2.45) is 0 Å². The molecule has 0 bridgehead atoms. The van der Waals surface area contributed by atoms with Gasteiger partial charge in [-0.3, -0.25) is 4.90 Å². The average Bonchev–Trinajstić information content (AvgIpc) is 2.81. The van der Waals surface area contributed by atoms with Gasteiger partial charge in [-0.1, -0.05) is 12.5 Å². The zero-order valence-electron chi connectivity index (χ0n) is 18.2. The van der Waals surface area contributed by atoms with E-state index in [1.165, 1.54) is 0 Å². The molecule has 1 atom stereocenters. The van der Waals surface area contributed by atoms with Crippen LogP contribution < -0.4 is 10.2 Å². The first-order valence-electron chi connectivity index (χ1n) is 11.1. The van der Waals surface area contributed by atoms with E-state index in [9.17, 15) is 8.42 Å². The molecule has 0 aromatic carbocycles. The first-order valence-corrected chi connectivity index (χ1v) is 12.6. The summed E-state index contributed by atoms with van der Waals surface area (Å²) in [6.45, 7) is 7.85. The van der Waals surface area contributed by atoms with E-state index in [4.69, 9.17) is 0 Å². The molecule has 2 fully saturated rings. The molecule has 2 aliphatic heterocycles. The van der Waals surface area contributed by atoms with Gasteiger partial charge in [0.2, 0.25) is 10.0 Å². The predicted molar refractivity (Wildman–Crippen MR) is 123 cm³/mol. The van der Waals surface area contributed by atoms with Gasteiger partial charge >= 0.3 is 0 Å². The Kier molecular flexibility index (Phi) is 7.04. The molecule has 2 aromatic heterocycles. The Morgan fingerprint density at radius 1 is 0.935 bits per heavy atom. The minimum absolute atomic E-state index is 0.0756. The highest BCUT2D eigenvalue weighted by Crippen LogP contribution is 2.25. The van der Waals surface area contributed by atoms with Gasteiger partial charge in [0.15, 0.2) is 0 Å². The highest BCUT2D eigenvalue weighted by molar-refractivity contribution is 7.89. The molecule has 2 saturated heterocycles. The van der Waals surface area contributed by atoms with Crippen molar-refractivity contribution in [1.82, 2.24) is 19.2 Å². The van der Waals surface area contributed by atoms with Crippen molar-refractivity contribution in [2.75, 3.05) is 56.0 Å². The molecule has 0 saturated carbocycles. The summed E-state index contributed by atoms with van der Waals surface area (Å²) in [5.74, 6) is 1.47. The molecular weight excluding hydrogens is 412 g/mol. The number of pyridine rings is 2. The number of piperazine rings is 1. The number of aromatic nitrogens is 2. The standard InChI is InChI=1S/C22H32N6O2S/c1-19(18-26-14-16-27(17-15-26)21-9-3-4-10-23-21)25-22-20(8-7-11-24-22)31(29,30)28-12-5-2-6-13-28/h3-4,7-11,19H,2,5-6,12-18H2,1H3,(H,24,25). The van der Waals surface area contributed by atoms with Crippen molar-refractivity contribution in [2.45, 2.75) is 37.1 Å². The fourth-order valence-electron chi connectivity index (χ4n) is 4.32. The summed E-state index contributed by atoms with van der Waals surface area (Å²) in [6.07, 6.45) is 6.41. The second-order valence-electron chi connectivity index (χ2n) is 8.34. The molecule has 2 aromatic rings. The highest BCUT2D eigenvalue weighted by Gasteiger charge is 2.29. The fraction of sp³-hybridized carbons (Fsp3) is 0.545. The molecule has 1 N–H and O–H groups in total. The molecule has 0 amide bonds. The second-order valence-corrected chi connectivity index (χ2v) is 10.2. The van der Waals surface area contributed by atoms with Gasteiger partial charge in [-0.25, -0.2) is 18.4 Å². The summed E-state index contributed by atoms with van der Waals surface area (Å²) in [4.78, 5) is 13.8. The number of sulfonamides is 1. The summed E-state index contributed by atoms with van der Waals surface area (Å²) in [7, 11) is -3.53. The van der Waals surface area contributed by atoms with E-state index in [-0.39, 0.29) is 10.9 Å². The lowest BCUT2D eigenvalue weighted by Gasteiger charge is -2.36. The molecule has 4 heterocycles. The van der Waals surface area contributed by atoms with Gasteiger partial charge in [0.1, 0.15) is 16.5 Å². The van der Waals surface area contributed by atoms with Crippen molar-refractivity contribution in [1.29, 1.82) is 0 Å². The van der Waals surface area contributed by atoms with Crippen LogP contribution in [-0.4, -0.2) is 79.4 Å². The normalized spacial score (nSPS) is 19.8. The maximum absolute atomic E-state index is 13.2. The Balaban J connectivity index is 1.36. The third kappa shape index (κ3) is 5.34. The molecule has 168 valence electrons. The Morgan fingerprint density at radius 3 is 2.39 bits per heavy atom. The predicted octanol–water partition coefficient (Wildman–Crippen LogP) is 2.27. The van der Waals surface area contributed by atoms with Crippen molar-refractivity contribution >= 4 is 21.7 Å².